The van der Waals surface area contributed by atoms with Gasteiger partial charge in [-0.2, -0.15) is 0 Å². The SMILES string of the molecule is Cc1c(CCC(=O)O)ccc(OCC2=C(c3ccccn3)CCCC2)c1C. The molecule has 0 fully saturated rings. The van der Waals surface area contributed by atoms with Crippen molar-refractivity contribution in [1.82, 2.24) is 4.98 Å². The number of ether oxygens (including phenoxy) is 1. The van der Waals surface area contributed by atoms with E-state index >= 15 is 0 Å². The van der Waals surface area contributed by atoms with Crippen LogP contribution in [0.3, 0.4) is 0 Å². The summed E-state index contributed by atoms with van der Waals surface area (Å²) in [4.78, 5) is 15.4. The Morgan fingerprint density at radius 2 is 1.93 bits per heavy atom. The molecule has 4 heteroatoms. The van der Waals surface area contributed by atoms with Crippen LogP contribution in [-0.4, -0.2) is 22.7 Å². The molecule has 1 aromatic carbocycles. The number of benzene rings is 1. The van der Waals surface area contributed by atoms with E-state index in [1.54, 1.807) is 0 Å². The summed E-state index contributed by atoms with van der Waals surface area (Å²) >= 11 is 0. The second-order valence-corrected chi connectivity index (χ2v) is 7.16. The largest absolute Gasteiger partial charge is 0.489 e. The first-order chi connectivity index (χ1) is 13.1. The predicted molar refractivity (Wildman–Crippen MR) is 107 cm³/mol. The third kappa shape index (κ3) is 4.76. The van der Waals surface area contributed by atoms with Crippen LogP contribution in [0.2, 0.25) is 0 Å². The number of carbonyl (C=O) groups is 1. The number of aryl methyl sites for hydroxylation is 1. The first-order valence-electron chi connectivity index (χ1n) is 9.62. The Morgan fingerprint density at radius 1 is 1.11 bits per heavy atom. The summed E-state index contributed by atoms with van der Waals surface area (Å²) < 4.78 is 6.19. The molecule has 1 aromatic heterocycles. The minimum Gasteiger partial charge on any atom is -0.489 e. The summed E-state index contributed by atoms with van der Waals surface area (Å²) in [7, 11) is 0. The average Bonchev–Trinajstić information content (AvgIpc) is 2.69. The van der Waals surface area contributed by atoms with E-state index in [1.165, 1.54) is 24.0 Å². The Kier molecular flexibility index (Phi) is 6.28. The van der Waals surface area contributed by atoms with Crippen molar-refractivity contribution in [2.24, 2.45) is 0 Å². The lowest BCUT2D eigenvalue weighted by atomic mass is 9.90. The van der Waals surface area contributed by atoms with Crippen LogP contribution >= 0.6 is 0 Å². The number of carboxylic acid groups (broad SMARTS) is 1. The van der Waals surface area contributed by atoms with E-state index in [1.807, 2.05) is 44.3 Å². The van der Waals surface area contributed by atoms with Gasteiger partial charge in [-0.05, 0) is 92.0 Å². The van der Waals surface area contributed by atoms with Gasteiger partial charge in [0.05, 0.1) is 5.69 Å². The van der Waals surface area contributed by atoms with Crippen LogP contribution < -0.4 is 4.74 Å². The molecule has 0 spiro atoms. The molecule has 1 N–H and O–H groups in total. The number of aromatic nitrogens is 1. The predicted octanol–water partition coefficient (Wildman–Crippen LogP) is 5.12. The van der Waals surface area contributed by atoms with Gasteiger partial charge < -0.3 is 9.84 Å². The van der Waals surface area contributed by atoms with Gasteiger partial charge >= 0.3 is 5.97 Å². The molecule has 0 radical (unpaired) electrons. The van der Waals surface area contributed by atoms with Crippen LogP contribution in [0.15, 0.2) is 42.1 Å². The molecule has 0 atom stereocenters. The van der Waals surface area contributed by atoms with Crippen LogP contribution in [0.5, 0.6) is 5.75 Å². The minimum absolute atomic E-state index is 0.154. The van der Waals surface area contributed by atoms with Crippen LogP contribution in [0.25, 0.3) is 5.57 Å². The van der Waals surface area contributed by atoms with E-state index in [0.717, 1.165) is 41.0 Å². The fourth-order valence-electron chi connectivity index (χ4n) is 3.66. The molecule has 1 heterocycles. The number of carboxylic acids is 1. The van der Waals surface area contributed by atoms with Crippen molar-refractivity contribution in [3.63, 3.8) is 0 Å². The number of nitrogens with zero attached hydrogens (tertiary/aromatic N) is 1. The van der Waals surface area contributed by atoms with Gasteiger partial charge in [0.25, 0.3) is 0 Å². The lowest BCUT2D eigenvalue weighted by Gasteiger charge is -2.21. The van der Waals surface area contributed by atoms with Crippen LogP contribution in [-0.2, 0) is 11.2 Å². The Morgan fingerprint density at radius 3 is 2.67 bits per heavy atom. The number of hydrogen-bond donors (Lipinski definition) is 1. The number of allylic oxidation sites excluding steroid dienone is 1. The zero-order chi connectivity index (χ0) is 19.2. The number of hydrogen-bond acceptors (Lipinski definition) is 3. The third-order valence-corrected chi connectivity index (χ3v) is 5.42. The fraction of sp³-hybridized carbons (Fsp3) is 0.391. The maximum atomic E-state index is 10.8. The fourth-order valence-corrected chi connectivity index (χ4v) is 3.66. The van der Waals surface area contributed by atoms with Crippen molar-refractivity contribution in [3.8, 4) is 5.75 Å². The lowest BCUT2D eigenvalue weighted by molar-refractivity contribution is -0.136. The summed E-state index contributed by atoms with van der Waals surface area (Å²) in [6.45, 7) is 4.67. The molecule has 0 amide bonds. The van der Waals surface area contributed by atoms with E-state index in [0.29, 0.717) is 13.0 Å². The first kappa shape index (κ1) is 19.2. The van der Waals surface area contributed by atoms with E-state index in [2.05, 4.69) is 11.1 Å². The molecule has 0 aliphatic heterocycles. The van der Waals surface area contributed by atoms with Gasteiger partial charge in [0.1, 0.15) is 12.4 Å². The highest BCUT2D eigenvalue weighted by atomic mass is 16.5. The zero-order valence-corrected chi connectivity index (χ0v) is 16.1. The molecule has 0 unspecified atom stereocenters. The van der Waals surface area contributed by atoms with E-state index in [-0.39, 0.29) is 6.42 Å². The highest BCUT2D eigenvalue weighted by Crippen LogP contribution is 2.32. The van der Waals surface area contributed by atoms with Gasteiger partial charge in [0.2, 0.25) is 0 Å². The van der Waals surface area contributed by atoms with Gasteiger partial charge in [0, 0.05) is 12.6 Å². The Hall–Kier alpha value is -2.62. The van der Waals surface area contributed by atoms with Crippen molar-refractivity contribution < 1.29 is 14.6 Å². The van der Waals surface area contributed by atoms with Gasteiger partial charge in [-0.15, -0.1) is 0 Å². The maximum Gasteiger partial charge on any atom is 0.303 e. The molecule has 4 nitrogen and oxygen atoms in total. The van der Waals surface area contributed by atoms with Crippen LogP contribution in [0.1, 0.15) is 54.5 Å². The van der Waals surface area contributed by atoms with Crippen LogP contribution in [0.4, 0.5) is 0 Å². The first-order valence-corrected chi connectivity index (χ1v) is 9.62. The highest BCUT2D eigenvalue weighted by Gasteiger charge is 2.16. The van der Waals surface area contributed by atoms with E-state index in [4.69, 9.17) is 9.84 Å². The maximum absolute atomic E-state index is 10.8. The monoisotopic (exact) mass is 365 g/mol. The van der Waals surface area contributed by atoms with Crippen molar-refractivity contribution in [3.05, 3.63) is 64.5 Å². The van der Waals surface area contributed by atoms with Gasteiger partial charge in [-0.25, -0.2) is 0 Å². The lowest BCUT2D eigenvalue weighted by Crippen LogP contribution is -2.10. The summed E-state index contributed by atoms with van der Waals surface area (Å²) in [5, 5.41) is 8.90. The van der Waals surface area contributed by atoms with E-state index in [9.17, 15) is 4.79 Å². The molecule has 1 aliphatic carbocycles. The standard InChI is InChI=1S/C23H27NO3/c1-16-17(2)22(12-10-18(16)11-13-23(25)26)27-15-19-7-3-4-8-20(19)21-9-5-6-14-24-21/h5-6,9-10,12,14H,3-4,7-8,11,13,15H2,1-2H3,(H,25,26). The topological polar surface area (TPSA) is 59.4 Å². The van der Waals surface area contributed by atoms with Crippen molar-refractivity contribution in [1.29, 1.82) is 0 Å². The molecular weight excluding hydrogens is 338 g/mol. The number of aliphatic carboxylic acids is 1. The molecular formula is C23H27NO3. The molecule has 3 rings (SSSR count). The smallest absolute Gasteiger partial charge is 0.303 e. The Balaban J connectivity index is 1.76. The second kappa shape index (κ2) is 8.85. The molecule has 1 aliphatic rings. The Labute approximate surface area is 160 Å². The van der Waals surface area contributed by atoms with Crippen molar-refractivity contribution >= 4 is 11.5 Å². The summed E-state index contributed by atoms with van der Waals surface area (Å²) in [6.07, 6.45) is 7.06. The molecule has 0 saturated carbocycles. The van der Waals surface area contributed by atoms with Gasteiger partial charge in [-0.1, -0.05) is 12.1 Å². The molecule has 2 aromatic rings. The zero-order valence-electron chi connectivity index (χ0n) is 16.1. The van der Waals surface area contributed by atoms with Gasteiger partial charge in [0.15, 0.2) is 0 Å². The highest BCUT2D eigenvalue weighted by molar-refractivity contribution is 5.67. The average molecular weight is 365 g/mol. The minimum atomic E-state index is -0.765. The molecule has 0 bridgehead atoms. The van der Waals surface area contributed by atoms with Crippen LogP contribution in [0, 0.1) is 13.8 Å². The molecule has 142 valence electrons. The second-order valence-electron chi connectivity index (χ2n) is 7.16. The third-order valence-electron chi connectivity index (χ3n) is 5.42. The van der Waals surface area contributed by atoms with E-state index < -0.39 is 5.97 Å². The summed E-state index contributed by atoms with van der Waals surface area (Å²) in [6, 6.07) is 10.0. The summed E-state index contributed by atoms with van der Waals surface area (Å²) in [5.41, 5.74) is 7.02. The molecule has 27 heavy (non-hydrogen) atoms. The normalized spacial score (nSPS) is 14.3. The summed E-state index contributed by atoms with van der Waals surface area (Å²) in [5.74, 6) is 0.115. The van der Waals surface area contributed by atoms with Gasteiger partial charge in [-0.3, -0.25) is 9.78 Å². The van der Waals surface area contributed by atoms with Crippen molar-refractivity contribution in [2.75, 3.05) is 6.61 Å². The number of rotatable bonds is 7. The molecule has 0 saturated heterocycles. The quantitative estimate of drug-likeness (QED) is 0.739. The Bertz CT molecular complexity index is 840. The van der Waals surface area contributed by atoms with Crippen molar-refractivity contribution in [2.45, 2.75) is 52.4 Å². The number of pyridine rings is 1.